The second kappa shape index (κ2) is 4.97. The van der Waals surface area contributed by atoms with E-state index in [2.05, 4.69) is 5.32 Å². The summed E-state index contributed by atoms with van der Waals surface area (Å²) in [7, 11) is 0. The van der Waals surface area contributed by atoms with Crippen molar-refractivity contribution < 1.29 is 4.92 Å². The molecule has 1 aromatic heterocycles. The molecule has 0 aliphatic carbocycles. The molecule has 0 fully saturated rings. The average molecular weight is 248 g/mol. The van der Waals surface area contributed by atoms with Crippen molar-refractivity contribution in [1.29, 1.82) is 0 Å². The van der Waals surface area contributed by atoms with Crippen molar-refractivity contribution in [3.05, 3.63) is 56.3 Å². The Bertz CT molecular complexity index is 523. The third-order valence-corrected chi connectivity index (χ3v) is 3.41. The van der Waals surface area contributed by atoms with E-state index in [9.17, 15) is 10.1 Å². The number of nitrogens with zero attached hydrogens (tertiary/aromatic N) is 1. The molecule has 5 heteroatoms. The van der Waals surface area contributed by atoms with Crippen LogP contribution in [0.3, 0.4) is 0 Å². The first-order chi connectivity index (χ1) is 8.18. The molecule has 0 atom stereocenters. The Morgan fingerprint density at radius 1 is 1.35 bits per heavy atom. The minimum atomic E-state index is -0.356. The fraction of sp³-hybridized carbons (Fsp3) is 0.167. The Kier molecular flexibility index (Phi) is 3.39. The van der Waals surface area contributed by atoms with E-state index >= 15 is 0 Å². The summed E-state index contributed by atoms with van der Waals surface area (Å²) in [6.07, 6.45) is 0. The van der Waals surface area contributed by atoms with Crippen LogP contribution in [0.1, 0.15) is 10.4 Å². The standard InChI is InChI=1S/C12H12N2O2S/c1-9-11(5-2-6-12(9)14(15)16)13-8-10-4-3-7-17-10/h2-7,13H,8H2,1H3. The molecule has 0 aliphatic heterocycles. The predicted molar refractivity (Wildman–Crippen MR) is 69.5 cm³/mol. The van der Waals surface area contributed by atoms with Crippen LogP contribution in [0.15, 0.2) is 35.7 Å². The van der Waals surface area contributed by atoms with E-state index in [4.69, 9.17) is 0 Å². The molecule has 0 radical (unpaired) electrons. The van der Waals surface area contributed by atoms with Crippen molar-refractivity contribution in [2.24, 2.45) is 0 Å². The van der Waals surface area contributed by atoms with Crippen molar-refractivity contribution in [2.75, 3.05) is 5.32 Å². The van der Waals surface area contributed by atoms with Gasteiger partial charge in [-0.25, -0.2) is 0 Å². The second-order valence-corrected chi connectivity index (χ2v) is 4.67. The number of hydrogen-bond acceptors (Lipinski definition) is 4. The van der Waals surface area contributed by atoms with Crippen LogP contribution in [0.2, 0.25) is 0 Å². The van der Waals surface area contributed by atoms with Gasteiger partial charge in [-0.1, -0.05) is 12.1 Å². The SMILES string of the molecule is Cc1c(NCc2cccs2)cccc1[N+](=O)[O-]. The molecular formula is C12H12N2O2S. The molecule has 4 nitrogen and oxygen atoms in total. The van der Waals surface area contributed by atoms with Crippen molar-refractivity contribution in [3.63, 3.8) is 0 Å². The first kappa shape index (κ1) is 11.6. The zero-order valence-electron chi connectivity index (χ0n) is 9.34. The molecule has 88 valence electrons. The fourth-order valence-electron chi connectivity index (χ4n) is 1.61. The normalized spacial score (nSPS) is 10.2. The lowest BCUT2D eigenvalue weighted by atomic mass is 10.1. The van der Waals surface area contributed by atoms with E-state index in [1.807, 2.05) is 23.6 Å². The Morgan fingerprint density at radius 2 is 2.18 bits per heavy atom. The molecule has 0 amide bonds. The summed E-state index contributed by atoms with van der Waals surface area (Å²) in [6.45, 7) is 2.45. The van der Waals surface area contributed by atoms with E-state index in [1.165, 1.54) is 10.9 Å². The van der Waals surface area contributed by atoms with Gasteiger partial charge in [-0.2, -0.15) is 0 Å². The minimum Gasteiger partial charge on any atom is -0.380 e. The lowest BCUT2D eigenvalue weighted by Crippen LogP contribution is -2.01. The number of thiophene rings is 1. The highest BCUT2D eigenvalue weighted by Crippen LogP contribution is 2.25. The predicted octanol–water partition coefficient (Wildman–Crippen LogP) is 3.58. The number of nitro groups is 1. The highest BCUT2D eigenvalue weighted by Gasteiger charge is 2.12. The van der Waals surface area contributed by atoms with Gasteiger partial charge in [-0.15, -0.1) is 11.3 Å². The zero-order chi connectivity index (χ0) is 12.3. The Labute approximate surface area is 103 Å². The molecule has 0 unspecified atom stereocenters. The van der Waals surface area contributed by atoms with Gasteiger partial charge in [-0.3, -0.25) is 10.1 Å². The van der Waals surface area contributed by atoms with Crippen molar-refractivity contribution in [1.82, 2.24) is 0 Å². The van der Waals surface area contributed by atoms with Gasteiger partial charge in [-0.05, 0) is 24.4 Å². The molecule has 0 spiro atoms. The Balaban J connectivity index is 2.16. The molecule has 17 heavy (non-hydrogen) atoms. The molecule has 1 aromatic carbocycles. The number of rotatable bonds is 4. The summed E-state index contributed by atoms with van der Waals surface area (Å²) in [4.78, 5) is 11.6. The van der Waals surface area contributed by atoms with E-state index in [0.717, 1.165) is 5.69 Å². The maximum atomic E-state index is 10.8. The molecule has 1 heterocycles. The smallest absolute Gasteiger partial charge is 0.274 e. The van der Waals surface area contributed by atoms with E-state index in [-0.39, 0.29) is 10.6 Å². The maximum absolute atomic E-state index is 10.8. The second-order valence-electron chi connectivity index (χ2n) is 3.64. The molecular weight excluding hydrogens is 236 g/mol. The van der Waals surface area contributed by atoms with Crippen molar-refractivity contribution in [2.45, 2.75) is 13.5 Å². The van der Waals surface area contributed by atoms with Crippen LogP contribution in [0.25, 0.3) is 0 Å². The number of nitro benzene ring substituents is 1. The Morgan fingerprint density at radius 3 is 2.82 bits per heavy atom. The van der Waals surface area contributed by atoms with E-state index in [1.54, 1.807) is 24.3 Å². The summed E-state index contributed by atoms with van der Waals surface area (Å²) in [5.41, 5.74) is 1.64. The molecule has 0 saturated heterocycles. The zero-order valence-corrected chi connectivity index (χ0v) is 10.2. The number of anilines is 1. The lowest BCUT2D eigenvalue weighted by Gasteiger charge is -2.08. The van der Waals surface area contributed by atoms with Crippen LogP contribution in [-0.4, -0.2) is 4.92 Å². The summed E-state index contributed by atoms with van der Waals surface area (Å²) in [5, 5.41) is 16.0. The molecule has 1 N–H and O–H groups in total. The van der Waals surface area contributed by atoms with Gasteiger partial charge < -0.3 is 5.32 Å². The van der Waals surface area contributed by atoms with Crippen molar-refractivity contribution >= 4 is 22.7 Å². The summed E-state index contributed by atoms with van der Waals surface area (Å²) < 4.78 is 0. The monoisotopic (exact) mass is 248 g/mol. The van der Waals surface area contributed by atoms with E-state index in [0.29, 0.717) is 12.1 Å². The topological polar surface area (TPSA) is 55.2 Å². The first-order valence-electron chi connectivity index (χ1n) is 5.19. The average Bonchev–Trinajstić information content (AvgIpc) is 2.80. The van der Waals surface area contributed by atoms with Crippen LogP contribution < -0.4 is 5.32 Å². The van der Waals surface area contributed by atoms with E-state index < -0.39 is 0 Å². The number of hydrogen-bond donors (Lipinski definition) is 1. The summed E-state index contributed by atoms with van der Waals surface area (Å²) in [5.74, 6) is 0. The molecule has 0 aliphatic rings. The highest BCUT2D eigenvalue weighted by atomic mass is 32.1. The van der Waals surface area contributed by atoms with Gasteiger partial charge in [0, 0.05) is 28.7 Å². The molecule has 0 bridgehead atoms. The van der Waals surface area contributed by atoms with Gasteiger partial charge in [0.15, 0.2) is 0 Å². The maximum Gasteiger partial charge on any atom is 0.274 e. The van der Waals surface area contributed by atoms with Crippen LogP contribution in [-0.2, 0) is 6.54 Å². The third-order valence-electron chi connectivity index (χ3n) is 2.54. The van der Waals surface area contributed by atoms with Gasteiger partial charge in [0.1, 0.15) is 0 Å². The van der Waals surface area contributed by atoms with Crippen LogP contribution >= 0.6 is 11.3 Å². The largest absolute Gasteiger partial charge is 0.380 e. The van der Waals surface area contributed by atoms with Gasteiger partial charge >= 0.3 is 0 Å². The summed E-state index contributed by atoms with van der Waals surface area (Å²) >= 11 is 1.66. The van der Waals surface area contributed by atoms with Crippen LogP contribution in [0.5, 0.6) is 0 Å². The third kappa shape index (κ3) is 2.62. The van der Waals surface area contributed by atoms with Crippen LogP contribution in [0, 0.1) is 17.0 Å². The highest BCUT2D eigenvalue weighted by molar-refractivity contribution is 7.09. The number of nitrogens with one attached hydrogen (secondary N) is 1. The van der Waals surface area contributed by atoms with Gasteiger partial charge in [0.05, 0.1) is 4.92 Å². The van der Waals surface area contributed by atoms with Crippen LogP contribution in [0.4, 0.5) is 11.4 Å². The number of benzene rings is 1. The van der Waals surface area contributed by atoms with Gasteiger partial charge in [0.25, 0.3) is 5.69 Å². The quantitative estimate of drug-likeness (QED) is 0.664. The lowest BCUT2D eigenvalue weighted by molar-refractivity contribution is -0.385. The van der Waals surface area contributed by atoms with Crippen molar-refractivity contribution in [3.8, 4) is 0 Å². The Hall–Kier alpha value is -1.88. The fourth-order valence-corrected chi connectivity index (χ4v) is 2.25. The first-order valence-corrected chi connectivity index (χ1v) is 6.06. The van der Waals surface area contributed by atoms with Gasteiger partial charge in [0.2, 0.25) is 0 Å². The molecule has 2 rings (SSSR count). The molecule has 2 aromatic rings. The molecule has 0 saturated carbocycles. The minimum absolute atomic E-state index is 0.154. The summed E-state index contributed by atoms with van der Waals surface area (Å²) in [6, 6.07) is 9.09.